The molecule has 4 rings (SSSR count). The molecule has 0 unspecified atom stereocenters. The fraction of sp³-hybridized carbons (Fsp3) is 0.500. The van der Waals surface area contributed by atoms with Crippen LogP contribution in [0.15, 0.2) is 42.5 Å². The summed E-state index contributed by atoms with van der Waals surface area (Å²) in [6.45, 7) is 7.69. The Morgan fingerprint density at radius 1 is 1.24 bits per heavy atom. The lowest BCUT2D eigenvalue weighted by atomic mass is 9.76. The average Bonchev–Trinajstić information content (AvgIpc) is 2.77. The summed E-state index contributed by atoms with van der Waals surface area (Å²) in [7, 11) is 0. The maximum Gasteiger partial charge on any atom is 0.307 e. The number of aliphatic carboxylic acids is 1. The second-order valence-electron chi connectivity index (χ2n) is 9.50. The number of rotatable bonds is 9. The Morgan fingerprint density at radius 3 is 2.64 bits per heavy atom. The highest BCUT2D eigenvalue weighted by Gasteiger charge is 2.41. The zero-order valence-corrected chi connectivity index (χ0v) is 19.3. The van der Waals surface area contributed by atoms with Crippen LogP contribution in [0.5, 0.6) is 11.5 Å². The summed E-state index contributed by atoms with van der Waals surface area (Å²) in [6.07, 6.45) is 0.757. The molecule has 2 aliphatic heterocycles. The largest absolute Gasteiger partial charge is 0.508 e. The van der Waals surface area contributed by atoms with Gasteiger partial charge >= 0.3 is 5.97 Å². The van der Waals surface area contributed by atoms with Gasteiger partial charge in [-0.15, -0.1) is 0 Å². The smallest absolute Gasteiger partial charge is 0.307 e. The molecule has 0 spiro atoms. The normalized spacial score (nSPS) is 22.4. The highest BCUT2D eigenvalue weighted by molar-refractivity contribution is 5.69. The molecule has 2 aromatic rings. The quantitative estimate of drug-likeness (QED) is 0.602. The van der Waals surface area contributed by atoms with Crippen molar-refractivity contribution in [3.05, 3.63) is 59.2 Å². The van der Waals surface area contributed by atoms with Crippen molar-refractivity contribution in [3.63, 3.8) is 0 Å². The zero-order valence-electron chi connectivity index (χ0n) is 19.3. The molecule has 2 aliphatic rings. The minimum Gasteiger partial charge on any atom is -0.508 e. The molecule has 2 heterocycles. The van der Waals surface area contributed by atoms with Crippen molar-refractivity contribution in [2.24, 2.45) is 11.8 Å². The average molecular weight is 457 g/mol. The van der Waals surface area contributed by atoms with Crippen molar-refractivity contribution in [1.82, 2.24) is 9.80 Å². The highest BCUT2D eigenvalue weighted by atomic mass is 19.1. The molecule has 1 fully saturated rings. The number of phenols is 1. The van der Waals surface area contributed by atoms with Crippen LogP contribution < -0.4 is 4.74 Å². The van der Waals surface area contributed by atoms with Gasteiger partial charge in [-0.1, -0.05) is 25.1 Å². The van der Waals surface area contributed by atoms with Crippen LogP contribution in [-0.2, 0) is 16.8 Å². The number of carbonyl (C=O) groups is 1. The number of carboxylic acid groups (broad SMARTS) is 1. The number of aromatic hydroxyl groups is 1. The summed E-state index contributed by atoms with van der Waals surface area (Å²) in [5.41, 5.74) is 2.69. The van der Waals surface area contributed by atoms with Gasteiger partial charge in [0.25, 0.3) is 0 Å². The van der Waals surface area contributed by atoms with Gasteiger partial charge in [-0.05, 0) is 54.3 Å². The number of phenolic OH excluding ortho intramolecular Hbond substituents is 1. The van der Waals surface area contributed by atoms with E-state index in [0.29, 0.717) is 19.7 Å². The van der Waals surface area contributed by atoms with E-state index in [1.165, 1.54) is 0 Å². The van der Waals surface area contributed by atoms with Crippen LogP contribution in [0.2, 0.25) is 0 Å². The number of hydrogen-bond donors (Lipinski definition) is 2. The number of likely N-dealkylation sites (tertiary alicyclic amines) is 1. The third-order valence-corrected chi connectivity index (χ3v) is 7.16. The van der Waals surface area contributed by atoms with Crippen LogP contribution in [0.25, 0.3) is 0 Å². The minimum atomic E-state index is -0.808. The number of halogens is 1. The Labute approximate surface area is 194 Å². The first-order chi connectivity index (χ1) is 15.8. The van der Waals surface area contributed by atoms with E-state index in [1.54, 1.807) is 13.0 Å². The van der Waals surface area contributed by atoms with Gasteiger partial charge in [-0.25, -0.2) is 0 Å². The molecular formula is C26H33FN2O4. The number of benzene rings is 2. The molecule has 33 heavy (non-hydrogen) atoms. The molecule has 0 saturated carbocycles. The number of ether oxygens (including phenoxy) is 1. The van der Waals surface area contributed by atoms with E-state index >= 15 is 0 Å². The Kier molecular flexibility index (Phi) is 6.91. The van der Waals surface area contributed by atoms with Crippen molar-refractivity contribution in [2.45, 2.75) is 25.8 Å². The van der Waals surface area contributed by atoms with E-state index in [9.17, 15) is 19.4 Å². The summed E-state index contributed by atoms with van der Waals surface area (Å²) in [4.78, 5) is 16.0. The van der Waals surface area contributed by atoms with Crippen molar-refractivity contribution >= 4 is 5.97 Å². The van der Waals surface area contributed by atoms with Gasteiger partial charge in [0.05, 0.1) is 18.1 Å². The van der Waals surface area contributed by atoms with Crippen molar-refractivity contribution in [3.8, 4) is 11.5 Å². The third kappa shape index (κ3) is 4.84. The van der Waals surface area contributed by atoms with Gasteiger partial charge in [0.15, 0.2) is 0 Å². The molecule has 2 N–H and O–H groups in total. The third-order valence-electron chi connectivity index (χ3n) is 7.16. The van der Waals surface area contributed by atoms with Gasteiger partial charge in [-0.3, -0.25) is 19.0 Å². The Morgan fingerprint density at radius 2 is 1.97 bits per heavy atom. The predicted molar refractivity (Wildman–Crippen MR) is 124 cm³/mol. The van der Waals surface area contributed by atoms with Crippen LogP contribution >= 0.6 is 0 Å². The van der Waals surface area contributed by atoms with Crippen LogP contribution in [0, 0.1) is 11.8 Å². The summed E-state index contributed by atoms with van der Waals surface area (Å²) >= 11 is 0. The second-order valence-corrected chi connectivity index (χ2v) is 9.50. The molecule has 2 aromatic carbocycles. The zero-order chi connectivity index (χ0) is 23.6. The fourth-order valence-electron chi connectivity index (χ4n) is 5.06. The monoisotopic (exact) mass is 456 g/mol. The van der Waals surface area contributed by atoms with Crippen molar-refractivity contribution in [1.29, 1.82) is 0 Å². The van der Waals surface area contributed by atoms with Crippen LogP contribution in [0.1, 0.15) is 30.5 Å². The number of fused-ring (bicyclic) bond motifs is 1. The van der Waals surface area contributed by atoms with Gasteiger partial charge in [0.2, 0.25) is 0 Å². The summed E-state index contributed by atoms with van der Waals surface area (Å²) < 4.78 is 18.5. The maximum absolute atomic E-state index is 12.6. The molecule has 0 aromatic heterocycles. The molecule has 0 amide bonds. The Hall–Kier alpha value is -2.64. The molecule has 178 valence electrons. The Bertz CT molecular complexity index is 977. The summed E-state index contributed by atoms with van der Waals surface area (Å²) in [5, 5.41) is 19.5. The first-order valence-corrected chi connectivity index (χ1v) is 11.6. The lowest BCUT2D eigenvalue weighted by molar-refractivity contribution is -0.142. The first-order valence-electron chi connectivity index (χ1n) is 11.6. The predicted octanol–water partition coefficient (Wildman–Crippen LogP) is 3.51. The van der Waals surface area contributed by atoms with Gasteiger partial charge in [0.1, 0.15) is 18.1 Å². The Balaban J connectivity index is 1.52. The number of alkyl halides is 1. The molecule has 0 aliphatic carbocycles. The topological polar surface area (TPSA) is 73.2 Å². The number of hydrogen-bond acceptors (Lipinski definition) is 5. The van der Waals surface area contributed by atoms with Gasteiger partial charge < -0.3 is 14.9 Å². The SMILES string of the molecule is C[C@@H](CN1CCc2cc(O)ccc2[C@@]1(C)c1ccc(OCCN2CC(CF)C2)cc1)C(=O)O. The van der Waals surface area contributed by atoms with Crippen LogP contribution in [0.3, 0.4) is 0 Å². The number of carboxylic acids is 1. The van der Waals surface area contributed by atoms with Gasteiger partial charge in [-0.2, -0.15) is 0 Å². The lowest BCUT2D eigenvalue weighted by Gasteiger charge is -2.47. The molecule has 2 atom stereocenters. The van der Waals surface area contributed by atoms with Crippen molar-refractivity contribution < 1.29 is 24.1 Å². The van der Waals surface area contributed by atoms with E-state index in [2.05, 4.69) is 16.7 Å². The number of nitrogens with zero attached hydrogens (tertiary/aromatic N) is 2. The fourth-order valence-corrected chi connectivity index (χ4v) is 5.06. The summed E-state index contributed by atoms with van der Waals surface area (Å²) in [5.74, 6) is -0.108. The molecule has 7 heteroatoms. The van der Waals surface area contributed by atoms with E-state index in [4.69, 9.17) is 4.74 Å². The summed E-state index contributed by atoms with van der Waals surface area (Å²) in [6, 6.07) is 13.4. The molecule has 0 bridgehead atoms. The van der Waals surface area contributed by atoms with Gasteiger partial charge in [0, 0.05) is 38.6 Å². The molecule has 6 nitrogen and oxygen atoms in total. The van der Waals surface area contributed by atoms with E-state index in [-0.39, 0.29) is 18.3 Å². The highest BCUT2D eigenvalue weighted by Crippen LogP contribution is 2.42. The minimum absolute atomic E-state index is 0.178. The van der Waals surface area contributed by atoms with Crippen molar-refractivity contribution in [2.75, 3.05) is 46.0 Å². The van der Waals surface area contributed by atoms with Crippen LogP contribution in [-0.4, -0.2) is 72.0 Å². The lowest BCUT2D eigenvalue weighted by Crippen LogP contribution is -2.51. The van der Waals surface area contributed by atoms with Crippen LogP contribution in [0.4, 0.5) is 4.39 Å². The molecule has 1 saturated heterocycles. The second kappa shape index (κ2) is 9.69. The van der Waals surface area contributed by atoms with E-state index in [0.717, 1.165) is 48.5 Å². The first kappa shape index (κ1) is 23.5. The van der Waals surface area contributed by atoms with E-state index in [1.807, 2.05) is 36.4 Å². The molecule has 0 radical (unpaired) electrons. The maximum atomic E-state index is 12.6. The standard InChI is InChI=1S/C26H33FN2O4/c1-18(25(31)32)15-29-10-9-20-13-22(30)5-8-24(20)26(29,2)21-3-6-23(7-4-21)33-12-11-28-16-19(14-27)17-28/h3-8,13,18-19,30H,9-12,14-17H2,1-2H3,(H,31,32)/t18-,26+/m0/s1. The van der Waals surface area contributed by atoms with E-state index < -0.39 is 17.4 Å². The molecular weight excluding hydrogens is 423 g/mol.